The molecule has 1 aromatic heterocycles. The van der Waals surface area contributed by atoms with E-state index in [2.05, 4.69) is 0 Å². The molecule has 0 bridgehead atoms. The minimum absolute atomic E-state index is 0.166. The summed E-state index contributed by atoms with van der Waals surface area (Å²) in [6.45, 7) is 0.583. The Hall–Kier alpha value is -3.13. The van der Waals surface area contributed by atoms with Gasteiger partial charge in [-0.3, -0.25) is 9.59 Å². The summed E-state index contributed by atoms with van der Waals surface area (Å²) >= 11 is 1.51. The van der Waals surface area contributed by atoms with Crippen molar-refractivity contribution in [3.05, 3.63) is 51.9 Å². The van der Waals surface area contributed by atoms with Gasteiger partial charge in [-0.15, -0.1) is 11.3 Å². The Morgan fingerprint density at radius 3 is 2.76 bits per heavy atom. The SMILES string of the molecule is O=C1/C(=C/c2cccs2)Oc2cc(OCC(=O)N3CCC(C(=O)[O-])CC3)ccc21. The van der Waals surface area contributed by atoms with Crippen molar-refractivity contribution in [2.75, 3.05) is 19.7 Å². The van der Waals surface area contributed by atoms with Crippen molar-refractivity contribution in [2.45, 2.75) is 12.8 Å². The largest absolute Gasteiger partial charge is 0.550 e. The van der Waals surface area contributed by atoms with E-state index >= 15 is 0 Å². The average molecular weight is 412 g/mol. The van der Waals surface area contributed by atoms with Gasteiger partial charge in [0.2, 0.25) is 5.78 Å². The third-order valence-corrected chi connectivity index (χ3v) is 5.82. The van der Waals surface area contributed by atoms with Gasteiger partial charge in [0, 0.05) is 42.0 Å². The van der Waals surface area contributed by atoms with E-state index in [9.17, 15) is 19.5 Å². The molecular formula is C21H18NO6S-. The lowest BCUT2D eigenvalue weighted by Gasteiger charge is -2.32. The lowest BCUT2D eigenvalue weighted by atomic mass is 9.97. The second-order valence-corrected chi connectivity index (χ2v) is 7.86. The maximum atomic E-state index is 12.4. The van der Waals surface area contributed by atoms with Crippen LogP contribution in [0.15, 0.2) is 41.5 Å². The first-order valence-corrected chi connectivity index (χ1v) is 10.1. The van der Waals surface area contributed by atoms with Crippen LogP contribution in [0.25, 0.3) is 6.08 Å². The highest BCUT2D eigenvalue weighted by Gasteiger charge is 2.28. The number of carbonyl (C=O) groups is 3. The van der Waals surface area contributed by atoms with Gasteiger partial charge in [-0.1, -0.05) is 6.07 Å². The Bertz CT molecular complexity index is 973. The number of carboxylic acids is 1. The molecule has 3 heterocycles. The Kier molecular flexibility index (Phi) is 5.35. The molecule has 1 amide bonds. The van der Waals surface area contributed by atoms with Crippen LogP contribution in [0, 0.1) is 5.92 Å². The van der Waals surface area contributed by atoms with Gasteiger partial charge >= 0.3 is 0 Å². The maximum absolute atomic E-state index is 12.4. The van der Waals surface area contributed by atoms with Gasteiger partial charge in [-0.2, -0.15) is 0 Å². The first-order valence-electron chi connectivity index (χ1n) is 9.24. The van der Waals surface area contributed by atoms with Gasteiger partial charge in [-0.25, -0.2) is 0 Å². The van der Waals surface area contributed by atoms with Gasteiger partial charge in [0.05, 0.1) is 5.56 Å². The number of allylic oxidation sites excluding steroid dienone is 1. The zero-order valence-electron chi connectivity index (χ0n) is 15.5. The summed E-state index contributed by atoms with van der Waals surface area (Å²) in [5.41, 5.74) is 0.454. The Morgan fingerprint density at radius 1 is 1.28 bits per heavy atom. The normalized spacial score (nSPS) is 17.9. The monoisotopic (exact) mass is 412 g/mol. The predicted octanol–water partition coefficient (Wildman–Crippen LogP) is 1.73. The molecule has 0 atom stereocenters. The molecule has 0 aliphatic carbocycles. The highest BCUT2D eigenvalue weighted by Crippen LogP contribution is 2.35. The number of ether oxygens (including phenoxy) is 2. The number of piperidine rings is 1. The van der Waals surface area contributed by atoms with E-state index in [0.29, 0.717) is 43.0 Å². The number of fused-ring (bicyclic) bond motifs is 1. The summed E-state index contributed by atoms with van der Waals surface area (Å²) in [7, 11) is 0. The number of carboxylic acid groups (broad SMARTS) is 1. The van der Waals surface area contributed by atoms with E-state index in [1.54, 1.807) is 29.2 Å². The number of likely N-dealkylation sites (tertiary alicyclic amines) is 1. The Labute approximate surface area is 171 Å². The number of amides is 1. The fraction of sp³-hybridized carbons (Fsp3) is 0.286. The molecule has 0 N–H and O–H groups in total. The van der Waals surface area contributed by atoms with Crippen LogP contribution in [0.5, 0.6) is 11.5 Å². The maximum Gasteiger partial charge on any atom is 0.260 e. The van der Waals surface area contributed by atoms with Crippen molar-refractivity contribution >= 4 is 35.1 Å². The number of benzene rings is 1. The fourth-order valence-electron chi connectivity index (χ4n) is 3.36. The zero-order valence-corrected chi connectivity index (χ0v) is 16.3. The van der Waals surface area contributed by atoms with Crippen LogP contribution in [-0.4, -0.2) is 42.3 Å². The van der Waals surface area contributed by atoms with E-state index in [1.165, 1.54) is 11.3 Å². The van der Waals surface area contributed by atoms with E-state index in [0.717, 1.165) is 4.88 Å². The first kappa shape index (κ1) is 19.2. The molecule has 2 aliphatic rings. The van der Waals surface area contributed by atoms with Gasteiger partial charge in [0.25, 0.3) is 5.91 Å². The summed E-state index contributed by atoms with van der Waals surface area (Å²) in [5.74, 6) is -0.878. The van der Waals surface area contributed by atoms with Crippen molar-refractivity contribution in [3.8, 4) is 11.5 Å². The number of thiophene rings is 1. The smallest absolute Gasteiger partial charge is 0.260 e. The summed E-state index contributed by atoms with van der Waals surface area (Å²) < 4.78 is 11.2. The molecule has 0 saturated carbocycles. The van der Waals surface area contributed by atoms with Crippen LogP contribution in [-0.2, 0) is 9.59 Å². The highest BCUT2D eigenvalue weighted by molar-refractivity contribution is 7.10. The Morgan fingerprint density at radius 2 is 2.07 bits per heavy atom. The standard InChI is InChI=1S/C21H19NO6S/c23-19(22-7-5-13(6-8-22)21(25)26)12-27-14-3-4-16-17(10-14)28-18(20(16)24)11-15-2-1-9-29-15/h1-4,9-11,13H,5-8,12H2,(H,25,26)/p-1/b18-11-. The molecule has 1 fully saturated rings. The van der Waals surface area contributed by atoms with E-state index in [1.807, 2.05) is 17.5 Å². The summed E-state index contributed by atoms with van der Waals surface area (Å²) in [5, 5.41) is 12.8. The van der Waals surface area contributed by atoms with Gasteiger partial charge < -0.3 is 24.3 Å². The number of rotatable bonds is 5. The third-order valence-electron chi connectivity index (χ3n) is 5.00. The van der Waals surface area contributed by atoms with E-state index in [4.69, 9.17) is 9.47 Å². The summed E-state index contributed by atoms with van der Waals surface area (Å²) in [4.78, 5) is 38.2. The molecule has 8 heteroatoms. The quantitative estimate of drug-likeness (QED) is 0.694. The zero-order chi connectivity index (χ0) is 20.4. The van der Waals surface area contributed by atoms with E-state index < -0.39 is 11.9 Å². The molecule has 1 aromatic carbocycles. The molecule has 0 unspecified atom stereocenters. The number of aliphatic carboxylic acids is 1. The van der Waals surface area contributed by atoms with Crippen LogP contribution in [0.4, 0.5) is 0 Å². The lowest BCUT2D eigenvalue weighted by Crippen LogP contribution is -2.45. The fourth-order valence-corrected chi connectivity index (χ4v) is 4.01. The number of Topliss-reactive ketones (excluding diaryl/α,β-unsaturated/α-hetero) is 1. The molecule has 0 radical (unpaired) electrons. The lowest BCUT2D eigenvalue weighted by molar-refractivity contribution is -0.312. The minimum Gasteiger partial charge on any atom is -0.550 e. The molecule has 4 rings (SSSR count). The predicted molar refractivity (Wildman–Crippen MR) is 104 cm³/mol. The van der Waals surface area contributed by atoms with Crippen LogP contribution in [0.2, 0.25) is 0 Å². The second-order valence-electron chi connectivity index (χ2n) is 6.88. The third kappa shape index (κ3) is 4.17. The average Bonchev–Trinajstić information content (AvgIpc) is 3.34. The van der Waals surface area contributed by atoms with Crippen molar-refractivity contribution in [2.24, 2.45) is 5.92 Å². The topological polar surface area (TPSA) is 96.0 Å². The molecule has 150 valence electrons. The van der Waals surface area contributed by atoms with Crippen molar-refractivity contribution in [3.63, 3.8) is 0 Å². The number of hydrogen-bond donors (Lipinski definition) is 0. The molecule has 2 aromatic rings. The van der Waals surface area contributed by atoms with Crippen LogP contribution < -0.4 is 14.6 Å². The minimum atomic E-state index is -1.06. The molecule has 29 heavy (non-hydrogen) atoms. The molecule has 2 aliphatic heterocycles. The molecule has 0 spiro atoms. The van der Waals surface area contributed by atoms with Crippen molar-refractivity contribution < 1.29 is 29.0 Å². The van der Waals surface area contributed by atoms with E-state index in [-0.39, 0.29) is 24.1 Å². The summed E-state index contributed by atoms with van der Waals surface area (Å²) in [6.07, 6.45) is 2.48. The number of ketones is 1. The van der Waals surface area contributed by atoms with Crippen molar-refractivity contribution in [1.82, 2.24) is 4.90 Å². The van der Waals surface area contributed by atoms with Crippen LogP contribution in [0.3, 0.4) is 0 Å². The summed E-state index contributed by atoms with van der Waals surface area (Å²) in [6, 6.07) is 8.64. The van der Waals surface area contributed by atoms with Crippen LogP contribution >= 0.6 is 11.3 Å². The Balaban J connectivity index is 1.36. The van der Waals surface area contributed by atoms with Crippen LogP contribution in [0.1, 0.15) is 28.1 Å². The second kappa shape index (κ2) is 8.08. The van der Waals surface area contributed by atoms with Gasteiger partial charge in [0.1, 0.15) is 11.5 Å². The number of carbonyl (C=O) groups excluding carboxylic acids is 3. The molecule has 1 saturated heterocycles. The number of hydrogen-bond acceptors (Lipinski definition) is 7. The molecular weight excluding hydrogens is 394 g/mol. The van der Waals surface area contributed by atoms with Crippen molar-refractivity contribution in [1.29, 1.82) is 0 Å². The highest BCUT2D eigenvalue weighted by atomic mass is 32.1. The van der Waals surface area contributed by atoms with Gasteiger partial charge in [0.15, 0.2) is 12.4 Å². The van der Waals surface area contributed by atoms with Gasteiger partial charge in [-0.05, 0) is 36.4 Å². The molecule has 7 nitrogen and oxygen atoms in total. The first-order chi connectivity index (χ1) is 14.0. The number of nitrogens with zero attached hydrogens (tertiary/aromatic N) is 1.